The number of anilines is 1. The SMILES string of the molecule is CCCN1C(=O)NC(c2ccc(NC(=O)C34CC5CC(CC(C5)C3)C4)cc2)C(C(=O)OCC)=C1c1ccccc1. The molecule has 7 nitrogen and oxygen atoms in total. The summed E-state index contributed by atoms with van der Waals surface area (Å²) in [5, 5.41) is 6.26. The number of carbonyl (C=O) groups excluding carboxylic acids is 3. The Labute approximate surface area is 236 Å². The first-order valence-electron chi connectivity index (χ1n) is 14.9. The van der Waals surface area contributed by atoms with Gasteiger partial charge >= 0.3 is 12.0 Å². The van der Waals surface area contributed by atoms with Crippen molar-refractivity contribution in [3.63, 3.8) is 0 Å². The molecular weight excluding hydrogens is 502 g/mol. The molecule has 1 heterocycles. The molecule has 1 atom stereocenters. The van der Waals surface area contributed by atoms with Gasteiger partial charge in [0.1, 0.15) is 0 Å². The Bertz CT molecular complexity index is 1280. The van der Waals surface area contributed by atoms with E-state index in [1.165, 1.54) is 19.3 Å². The maximum Gasteiger partial charge on any atom is 0.338 e. The standard InChI is InChI=1S/C33H39N3O4/c1-3-14-36-29(25-8-6-5-7-9-25)27(30(37)40-4-2)28(35-32(36)39)24-10-12-26(13-11-24)34-31(38)33-18-21-15-22(19-33)17-23(16-21)20-33/h5-13,21-23,28H,3-4,14-20H2,1-2H3,(H,34,38)(H,35,39). The third-order valence-corrected chi connectivity index (χ3v) is 9.34. The Hall–Kier alpha value is -3.61. The maximum absolute atomic E-state index is 13.6. The van der Waals surface area contributed by atoms with Crippen LogP contribution in [0.5, 0.6) is 0 Å². The highest BCUT2D eigenvalue weighted by molar-refractivity contribution is 6.04. The number of hydrogen-bond donors (Lipinski definition) is 2. The second-order valence-corrected chi connectivity index (χ2v) is 12.2. The number of benzene rings is 2. The van der Waals surface area contributed by atoms with Crippen molar-refractivity contribution in [2.24, 2.45) is 23.2 Å². The molecule has 1 aliphatic heterocycles. The molecule has 0 saturated heterocycles. The van der Waals surface area contributed by atoms with E-state index >= 15 is 0 Å². The van der Waals surface area contributed by atoms with E-state index in [1.807, 2.05) is 61.5 Å². The van der Waals surface area contributed by atoms with Crippen molar-refractivity contribution in [2.45, 2.75) is 64.8 Å². The van der Waals surface area contributed by atoms with E-state index in [4.69, 9.17) is 4.74 Å². The number of carbonyl (C=O) groups is 3. The molecule has 4 fully saturated rings. The molecule has 4 aliphatic carbocycles. The van der Waals surface area contributed by atoms with Crippen molar-refractivity contribution in [1.82, 2.24) is 10.2 Å². The number of rotatable bonds is 8. The summed E-state index contributed by atoms with van der Waals surface area (Å²) in [4.78, 5) is 42.0. The molecule has 4 saturated carbocycles. The predicted octanol–water partition coefficient (Wildman–Crippen LogP) is 6.29. The van der Waals surface area contributed by atoms with Crippen LogP contribution in [0.4, 0.5) is 10.5 Å². The highest BCUT2D eigenvalue weighted by atomic mass is 16.5. The number of urea groups is 1. The summed E-state index contributed by atoms with van der Waals surface area (Å²) in [6.45, 7) is 4.49. The van der Waals surface area contributed by atoms with Crippen molar-refractivity contribution in [3.8, 4) is 0 Å². The van der Waals surface area contributed by atoms with Crippen molar-refractivity contribution in [1.29, 1.82) is 0 Å². The second-order valence-electron chi connectivity index (χ2n) is 12.2. The lowest BCUT2D eigenvalue weighted by Crippen LogP contribution is -2.51. The van der Waals surface area contributed by atoms with Crippen LogP contribution in [0.3, 0.4) is 0 Å². The van der Waals surface area contributed by atoms with Gasteiger partial charge in [-0.2, -0.15) is 0 Å². The highest BCUT2D eigenvalue weighted by Crippen LogP contribution is 2.60. The number of esters is 1. The zero-order valence-electron chi connectivity index (χ0n) is 23.4. The van der Waals surface area contributed by atoms with Crippen LogP contribution in [0.2, 0.25) is 0 Å². The Morgan fingerprint density at radius 2 is 1.57 bits per heavy atom. The summed E-state index contributed by atoms with van der Waals surface area (Å²) >= 11 is 0. The molecule has 0 spiro atoms. The van der Waals surface area contributed by atoms with Gasteiger partial charge in [0.25, 0.3) is 0 Å². The molecule has 1 unspecified atom stereocenters. The van der Waals surface area contributed by atoms with E-state index < -0.39 is 12.0 Å². The van der Waals surface area contributed by atoms with Gasteiger partial charge in [-0.25, -0.2) is 9.59 Å². The average Bonchev–Trinajstić information content (AvgIpc) is 2.94. The summed E-state index contributed by atoms with van der Waals surface area (Å²) in [5.74, 6) is 1.81. The Morgan fingerprint density at radius 3 is 2.15 bits per heavy atom. The number of ether oxygens (including phenoxy) is 1. The highest BCUT2D eigenvalue weighted by Gasteiger charge is 2.54. The lowest BCUT2D eigenvalue weighted by atomic mass is 9.49. The van der Waals surface area contributed by atoms with Gasteiger partial charge in [0, 0.05) is 12.2 Å². The lowest BCUT2D eigenvalue weighted by molar-refractivity contribution is -0.140. The molecule has 2 N–H and O–H groups in total. The van der Waals surface area contributed by atoms with Crippen molar-refractivity contribution < 1.29 is 19.1 Å². The van der Waals surface area contributed by atoms with E-state index in [9.17, 15) is 14.4 Å². The van der Waals surface area contributed by atoms with E-state index in [0.29, 0.717) is 35.6 Å². The minimum absolute atomic E-state index is 0.152. The summed E-state index contributed by atoms with van der Waals surface area (Å²) in [6.07, 6.45) is 7.67. The Kier molecular flexibility index (Phi) is 7.15. The van der Waals surface area contributed by atoms with Crippen LogP contribution in [0.25, 0.3) is 5.70 Å². The Balaban J connectivity index is 1.30. The Morgan fingerprint density at radius 1 is 0.950 bits per heavy atom. The molecule has 7 rings (SSSR count). The molecule has 40 heavy (non-hydrogen) atoms. The van der Waals surface area contributed by atoms with Crippen molar-refractivity contribution in [2.75, 3.05) is 18.5 Å². The normalized spacial score (nSPS) is 28.9. The minimum Gasteiger partial charge on any atom is -0.463 e. The van der Waals surface area contributed by atoms with Crippen LogP contribution in [0.15, 0.2) is 60.2 Å². The van der Waals surface area contributed by atoms with E-state index in [2.05, 4.69) is 10.6 Å². The zero-order chi connectivity index (χ0) is 27.9. The number of nitrogens with one attached hydrogen (secondary N) is 2. The molecule has 2 aromatic rings. The van der Waals surface area contributed by atoms with E-state index in [0.717, 1.165) is 42.5 Å². The van der Waals surface area contributed by atoms with Crippen LogP contribution in [-0.4, -0.2) is 36.0 Å². The van der Waals surface area contributed by atoms with E-state index in [-0.39, 0.29) is 24.0 Å². The maximum atomic E-state index is 13.6. The van der Waals surface area contributed by atoms with E-state index in [1.54, 1.807) is 11.8 Å². The number of amides is 3. The van der Waals surface area contributed by atoms with Gasteiger partial charge in [0.05, 0.1) is 29.3 Å². The summed E-state index contributed by atoms with van der Waals surface area (Å²) in [5.41, 5.74) is 3.05. The van der Waals surface area contributed by atoms with Gasteiger partial charge in [0.2, 0.25) is 5.91 Å². The molecule has 5 aliphatic rings. The largest absolute Gasteiger partial charge is 0.463 e. The fourth-order valence-corrected chi connectivity index (χ4v) is 8.09. The van der Waals surface area contributed by atoms with Gasteiger partial charge in [-0.15, -0.1) is 0 Å². The summed E-state index contributed by atoms with van der Waals surface area (Å²) in [7, 11) is 0. The fourth-order valence-electron chi connectivity index (χ4n) is 8.09. The molecule has 210 valence electrons. The van der Waals surface area contributed by atoms with Gasteiger partial charge < -0.3 is 15.4 Å². The number of nitrogens with zero attached hydrogens (tertiary/aromatic N) is 1. The molecule has 0 radical (unpaired) electrons. The first-order valence-corrected chi connectivity index (χ1v) is 14.9. The molecule has 7 heteroatoms. The third-order valence-electron chi connectivity index (χ3n) is 9.34. The van der Waals surface area contributed by atoms with Crippen LogP contribution in [-0.2, 0) is 14.3 Å². The van der Waals surface area contributed by atoms with Crippen LogP contribution in [0.1, 0.15) is 76.0 Å². The predicted molar refractivity (Wildman–Crippen MR) is 154 cm³/mol. The van der Waals surface area contributed by atoms with Crippen molar-refractivity contribution in [3.05, 3.63) is 71.3 Å². The monoisotopic (exact) mass is 541 g/mol. The van der Waals surface area contributed by atoms with Gasteiger partial charge in [0.15, 0.2) is 0 Å². The van der Waals surface area contributed by atoms with Crippen molar-refractivity contribution >= 4 is 29.3 Å². The molecular formula is C33H39N3O4. The minimum atomic E-state index is -0.678. The topological polar surface area (TPSA) is 87.7 Å². The molecule has 4 bridgehead atoms. The zero-order valence-corrected chi connectivity index (χ0v) is 23.4. The smallest absolute Gasteiger partial charge is 0.338 e. The van der Waals surface area contributed by atoms with Crippen LogP contribution in [0, 0.1) is 23.2 Å². The first kappa shape index (κ1) is 26.6. The average molecular weight is 542 g/mol. The summed E-state index contributed by atoms with van der Waals surface area (Å²) < 4.78 is 5.51. The third kappa shape index (κ3) is 4.80. The quantitative estimate of drug-likeness (QED) is 0.385. The molecule has 0 aromatic heterocycles. The van der Waals surface area contributed by atoms with Gasteiger partial charge in [-0.1, -0.05) is 49.4 Å². The second kappa shape index (κ2) is 10.8. The van der Waals surface area contributed by atoms with Crippen LogP contribution >= 0.6 is 0 Å². The molecule has 3 amide bonds. The van der Waals surface area contributed by atoms with Gasteiger partial charge in [-0.3, -0.25) is 9.69 Å². The lowest BCUT2D eigenvalue weighted by Gasteiger charge is -2.55. The molecule has 2 aromatic carbocycles. The number of hydrogen-bond acceptors (Lipinski definition) is 4. The fraction of sp³-hybridized carbons (Fsp3) is 0.485. The summed E-state index contributed by atoms with van der Waals surface area (Å²) in [6, 6.07) is 16.1. The van der Waals surface area contributed by atoms with Crippen LogP contribution < -0.4 is 10.6 Å². The van der Waals surface area contributed by atoms with Gasteiger partial charge in [-0.05, 0) is 92.9 Å². The first-order chi connectivity index (χ1) is 19.4.